The predicted molar refractivity (Wildman–Crippen MR) is 69.6 cm³/mol. The number of halogens is 1. The van der Waals surface area contributed by atoms with E-state index >= 15 is 0 Å². The fourth-order valence-corrected chi connectivity index (χ4v) is 2.41. The third-order valence-electron chi connectivity index (χ3n) is 3.37. The van der Waals surface area contributed by atoms with Gasteiger partial charge in [-0.3, -0.25) is 4.79 Å². The summed E-state index contributed by atoms with van der Waals surface area (Å²) >= 11 is 3.21. The molecule has 1 aromatic rings. The van der Waals surface area contributed by atoms with Crippen LogP contribution in [0.1, 0.15) is 39.0 Å². The molecule has 5 heteroatoms. The predicted octanol–water partition coefficient (Wildman–Crippen LogP) is 3.15. The second-order valence-corrected chi connectivity index (χ2v) is 5.61. The van der Waals surface area contributed by atoms with Crippen LogP contribution in [0.5, 0.6) is 0 Å². The van der Waals surface area contributed by atoms with Gasteiger partial charge in [0.1, 0.15) is 4.60 Å². The van der Waals surface area contributed by atoms with Crippen LogP contribution < -0.4 is 5.32 Å². The Balaban J connectivity index is 2.03. The molecule has 0 aliphatic heterocycles. The zero-order valence-electron chi connectivity index (χ0n) is 9.87. The lowest BCUT2D eigenvalue weighted by Gasteiger charge is -2.31. The number of hydrogen-bond donors (Lipinski definition) is 1. The van der Waals surface area contributed by atoms with E-state index in [-0.39, 0.29) is 11.3 Å². The number of nitrogens with zero attached hydrogens (tertiary/aromatic N) is 2. The lowest BCUT2D eigenvalue weighted by atomic mass is 9.75. The second-order valence-electron chi connectivity index (χ2n) is 4.80. The highest BCUT2D eigenvalue weighted by molar-refractivity contribution is 9.10. The molecule has 1 fully saturated rings. The van der Waals surface area contributed by atoms with Gasteiger partial charge in [0, 0.05) is 5.41 Å². The number of rotatable bonds is 2. The SMILES string of the molecule is CC1(C(=O)Nc2cnc(Br)cn2)CCCCC1. The molecule has 1 amide bonds. The van der Waals surface area contributed by atoms with Crippen molar-refractivity contribution < 1.29 is 4.79 Å². The van der Waals surface area contributed by atoms with E-state index in [1.54, 1.807) is 12.4 Å². The maximum Gasteiger partial charge on any atom is 0.231 e. The third kappa shape index (κ3) is 3.03. The van der Waals surface area contributed by atoms with Crippen molar-refractivity contribution in [3.05, 3.63) is 17.0 Å². The first-order valence-electron chi connectivity index (χ1n) is 5.89. The largest absolute Gasteiger partial charge is 0.309 e. The van der Waals surface area contributed by atoms with E-state index in [0.29, 0.717) is 10.4 Å². The van der Waals surface area contributed by atoms with Crippen molar-refractivity contribution in [3.63, 3.8) is 0 Å². The van der Waals surface area contributed by atoms with Gasteiger partial charge in [-0.05, 0) is 28.8 Å². The van der Waals surface area contributed by atoms with E-state index in [9.17, 15) is 4.79 Å². The summed E-state index contributed by atoms with van der Waals surface area (Å²) in [6.45, 7) is 2.04. The molecule has 4 nitrogen and oxygen atoms in total. The Morgan fingerprint density at radius 2 is 2.00 bits per heavy atom. The molecule has 0 atom stereocenters. The summed E-state index contributed by atoms with van der Waals surface area (Å²) in [4.78, 5) is 20.3. The molecule has 17 heavy (non-hydrogen) atoms. The summed E-state index contributed by atoms with van der Waals surface area (Å²) < 4.78 is 0.666. The molecule has 1 aliphatic carbocycles. The summed E-state index contributed by atoms with van der Waals surface area (Å²) in [7, 11) is 0. The zero-order valence-corrected chi connectivity index (χ0v) is 11.5. The van der Waals surface area contributed by atoms with Crippen LogP contribution in [0.3, 0.4) is 0 Å². The van der Waals surface area contributed by atoms with Gasteiger partial charge in [0.15, 0.2) is 5.82 Å². The van der Waals surface area contributed by atoms with Gasteiger partial charge in [-0.1, -0.05) is 26.2 Å². The summed E-state index contributed by atoms with van der Waals surface area (Å²) in [6, 6.07) is 0. The Hall–Kier alpha value is -0.970. The van der Waals surface area contributed by atoms with Crippen LogP contribution in [0.25, 0.3) is 0 Å². The topological polar surface area (TPSA) is 54.9 Å². The average Bonchev–Trinajstić information content (AvgIpc) is 2.33. The first-order chi connectivity index (χ1) is 8.10. The molecule has 0 unspecified atom stereocenters. The molecule has 1 saturated carbocycles. The quantitative estimate of drug-likeness (QED) is 0.912. The standard InChI is InChI=1S/C12H16BrN3O/c1-12(5-3-2-4-6-12)11(17)16-10-8-14-9(13)7-15-10/h7-8H,2-6H2,1H3,(H,15,16,17). The van der Waals surface area contributed by atoms with Crippen molar-refractivity contribution in [2.45, 2.75) is 39.0 Å². The lowest BCUT2D eigenvalue weighted by Crippen LogP contribution is -2.35. The molecule has 1 N–H and O–H groups in total. The molecule has 2 rings (SSSR count). The van der Waals surface area contributed by atoms with E-state index in [2.05, 4.69) is 31.2 Å². The molecule has 0 radical (unpaired) electrons. The molecule has 0 bridgehead atoms. The van der Waals surface area contributed by atoms with Crippen LogP contribution in [0, 0.1) is 5.41 Å². The maximum absolute atomic E-state index is 12.2. The van der Waals surface area contributed by atoms with Gasteiger partial charge in [0.2, 0.25) is 5.91 Å². The highest BCUT2D eigenvalue weighted by atomic mass is 79.9. The minimum atomic E-state index is -0.243. The molecular formula is C12H16BrN3O. The summed E-state index contributed by atoms with van der Waals surface area (Å²) in [6.07, 6.45) is 8.57. The molecule has 1 heterocycles. The molecule has 1 aromatic heterocycles. The van der Waals surface area contributed by atoms with Crippen LogP contribution >= 0.6 is 15.9 Å². The number of aromatic nitrogens is 2. The summed E-state index contributed by atoms with van der Waals surface area (Å²) in [5, 5.41) is 2.85. The van der Waals surface area contributed by atoms with Crippen molar-refractivity contribution in [1.29, 1.82) is 0 Å². The minimum absolute atomic E-state index is 0.0637. The van der Waals surface area contributed by atoms with Gasteiger partial charge in [-0.2, -0.15) is 0 Å². The highest BCUT2D eigenvalue weighted by Crippen LogP contribution is 2.36. The van der Waals surface area contributed by atoms with Gasteiger partial charge >= 0.3 is 0 Å². The first-order valence-corrected chi connectivity index (χ1v) is 6.68. The van der Waals surface area contributed by atoms with Crippen molar-refractivity contribution in [2.75, 3.05) is 5.32 Å². The lowest BCUT2D eigenvalue weighted by molar-refractivity contribution is -0.126. The number of carbonyl (C=O) groups is 1. The van der Waals surface area contributed by atoms with Crippen LogP contribution in [0.2, 0.25) is 0 Å². The van der Waals surface area contributed by atoms with E-state index in [1.165, 1.54) is 6.42 Å². The Morgan fingerprint density at radius 3 is 2.59 bits per heavy atom. The Labute approximate surface area is 109 Å². The van der Waals surface area contributed by atoms with E-state index in [0.717, 1.165) is 25.7 Å². The second kappa shape index (κ2) is 5.12. The molecule has 0 saturated heterocycles. The van der Waals surface area contributed by atoms with E-state index in [1.807, 2.05) is 6.92 Å². The van der Waals surface area contributed by atoms with E-state index < -0.39 is 0 Å². The molecule has 92 valence electrons. The monoisotopic (exact) mass is 297 g/mol. The van der Waals surface area contributed by atoms with Crippen molar-refractivity contribution in [3.8, 4) is 0 Å². The highest BCUT2D eigenvalue weighted by Gasteiger charge is 2.34. The maximum atomic E-state index is 12.2. The van der Waals surface area contributed by atoms with Gasteiger partial charge in [0.25, 0.3) is 0 Å². The van der Waals surface area contributed by atoms with Gasteiger partial charge in [0.05, 0.1) is 12.4 Å². The van der Waals surface area contributed by atoms with Gasteiger partial charge < -0.3 is 5.32 Å². The number of hydrogen-bond acceptors (Lipinski definition) is 3. The van der Waals surface area contributed by atoms with Crippen LogP contribution in [0.15, 0.2) is 17.0 Å². The smallest absolute Gasteiger partial charge is 0.231 e. The fourth-order valence-electron chi connectivity index (χ4n) is 2.20. The number of carbonyl (C=O) groups excluding carboxylic acids is 1. The summed E-state index contributed by atoms with van der Waals surface area (Å²) in [5.74, 6) is 0.582. The molecule has 0 aromatic carbocycles. The van der Waals surface area contributed by atoms with Crippen molar-refractivity contribution in [1.82, 2.24) is 9.97 Å². The van der Waals surface area contributed by atoms with Gasteiger partial charge in [-0.15, -0.1) is 0 Å². The Morgan fingerprint density at radius 1 is 1.29 bits per heavy atom. The molecule has 0 spiro atoms. The fraction of sp³-hybridized carbons (Fsp3) is 0.583. The van der Waals surface area contributed by atoms with Crippen molar-refractivity contribution in [2.24, 2.45) is 5.41 Å². The molecule has 1 aliphatic rings. The number of anilines is 1. The minimum Gasteiger partial charge on any atom is -0.309 e. The average molecular weight is 298 g/mol. The first kappa shape index (κ1) is 12.5. The summed E-state index contributed by atoms with van der Waals surface area (Å²) in [5.41, 5.74) is -0.243. The number of amides is 1. The van der Waals surface area contributed by atoms with Crippen LogP contribution in [-0.4, -0.2) is 15.9 Å². The zero-order chi connectivity index (χ0) is 12.3. The van der Waals surface area contributed by atoms with Gasteiger partial charge in [-0.25, -0.2) is 9.97 Å². The molecular weight excluding hydrogens is 282 g/mol. The Bertz CT molecular complexity index is 399. The van der Waals surface area contributed by atoms with Crippen LogP contribution in [0.4, 0.5) is 5.82 Å². The third-order valence-corrected chi connectivity index (χ3v) is 3.78. The normalized spacial score (nSPS) is 18.7. The van der Waals surface area contributed by atoms with Crippen LogP contribution in [-0.2, 0) is 4.79 Å². The van der Waals surface area contributed by atoms with Crippen molar-refractivity contribution >= 4 is 27.7 Å². The Kier molecular flexibility index (Phi) is 3.76. The van der Waals surface area contributed by atoms with E-state index in [4.69, 9.17) is 0 Å². The number of nitrogens with one attached hydrogen (secondary N) is 1.